The van der Waals surface area contributed by atoms with Gasteiger partial charge in [0.05, 0.1) is 33.1 Å². The van der Waals surface area contributed by atoms with E-state index in [4.69, 9.17) is 0 Å². The maximum atomic E-state index is 13.5. The molecule has 12 heteroatoms. The van der Waals surface area contributed by atoms with E-state index in [0.29, 0.717) is 0 Å². The Balaban J connectivity index is 1.76. The first-order chi connectivity index (χ1) is 15.5. The number of nitro benzene ring substituents is 2. The van der Waals surface area contributed by atoms with Gasteiger partial charge < -0.3 is 0 Å². The van der Waals surface area contributed by atoms with Gasteiger partial charge in [0, 0.05) is 24.3 Å². The summed E-state index contributed by atoms with van der Waals surface area (Å²) in [5, 5.41) is 21.8. The number of nitrogens with zero attached hydrogens (tertiary/aromatic N) is 4. The zero-order valence-corrected chi connectivity index (χ0v) is 17.3. The van der Waals surface area contributed by atoms with Crippen LogP contribution in [0.4, 0.5) is 22.7 Å². The standard InChI is InChI=1S/C21H16N4O8/c1-11-17(26)22(13-3-7-15(8-4-13)24(30)31)19(28)21(11)12(2)18(27)23(20(21)29)14-5-9-16(10-6-14)25(32)33/h3-12H,1-2H3/t11-,12?,21?/m0/s1. The molecule has 1 spiro atoms. The van der Waals surface area contributed by atoms with Crippen LogP contribution in [0, 0.1) is 37.5 Å². The molecule has 4 amide bonds. The number of rotatable bonds is 4. The van der Waals surface area contributed by atoms with Crippen LogP contribution in [0.2, 0.25) is 0 Å². The predicted octanol–water partition coefficient (Wildman–Crippen LogP) is 2.21. The van der Waals surface area contributed by atoms with Gasteiger partial charge in [-0.3, -0.25) is 39.4 Å². The van der Waals surface area contributed by atoms with Crippen LogP contribution in [0.25, 0.3) is 0 Å². The normalized spacial score (nSPS) is 24.8. The van der Waals surface area contributed by atoms with Gasteiger partial charge in [-0.2, -0.15) is 0 Å². The highest BCUT2D eigenvalue weighted by molar-refractivity contribution is 6.39. The second-order valence-corrected chi connectivity index (χ2v) is 7.82. The van der Waals surface area contributed by atoms with Gasteiger partial charge in [-0.05, 0) is 24.3 Å². The van der Waals surface area contributed by atoms with E-state index < -0.39 is 50.7 Å². The van der Waals surface area contributed by atoms with Crippen LogP contribution in [-0.4, -0.2) is 33.5 Å². The van der Waals surface area contributed by atoms with Crippen molar-refractivity contribution in [1.29, 1.82) is 0 Å². The van der Waals surface area contributed by atoms with E-state index in [0.717, 1.165) is 34.1 Å². The first kappa shape index (κ1) is 21.7. The summed E-state index contributed by atoms with van der Waals surface area (Å²) in [5.74, 6) is -5.60. The lowest BCUT2D eigenvalue weighted by Crippen LogP contribution is -2.46. The Labute approximate surface area is 185 Å². The Hall–Kier alpha value is -4.48. The molecule has 2 aliphatic rings. The molecule has 0 aromatic heterocycles. The van der Waals surface area contributed by atoms with Gasteiger partial charge in [-0.1, -0.05) is 13.8 Å². The van der Waals surface area contributed by atoms with Crippen molar-refractivity contribution in [3.8, 4) is 0 Å². The van der Waals surface area contributed by atoms with Crippen LogP contribution < -0.4 is 9.80 Å². The smallest absolute Gasteiger partial charge is 0.269 e. The van der Waals surface area contributed by atoms with Gasteiger partial charge in [0.15, 0.2) is 5.41 Å². The molecule has 2 saturated heterocycles. The van der Waals surface area contributed by atoms with Crippen LogP contribution in [0.3, 0.4) is 0 Å². The summed E-state index contributed by atoms with van der Waals surface area (Å²) in [6, 6.07) is 9.39. The lowest BCUT2D eigenvalue weighted by molar-refractivity contribution is -0.385. The molecule has 2 aromatic rings. The van der Waals surface area contributed by atoms with E-state index >= 15 is 0 Å². The molecule has 0 saturated carbocycles. The lowest BCUT2D eigenvalue weighted by Gasteiger charge is -2.25. The highest BCUT2D eigenvalue weighted by atomic mass is 16.6. The molecule has 2 fully saturated rings. The molecule has 2 aliphatic heterocycles. The van der Waals surface area contributed by atoms with E-state index in [9.17, 15) is 39.4 Å². The third-order valence-electron chi connectivity index (χ3n) is 6.30. The largest absolute Gasteiger partial charge is 0.274 e. The highest BCUT2D eigenvalue weighted by Gasteiger charge is 2.72. The topological polar surface area (TPSA) is 161 Å². The molecular formula is C21H16N4O8. The van der Waals surface area contributed by atoms with Gasteiger partial charge in [-0.25, -0.2) is 9.80 Å². The minimum atomic E-state index is -2.00. The maximum Gasteiger partial charge on any atom is 0.269 e. The van der Waals surface area contributed by atoms with Gasteiger partial charge in [0.1, 0.15) is 0 Å². The second kappa shape index (κ2) is 7.29. The Morgan fingerprint density at radius 3 is 1.24 bits per heavy atom. The van der Waals surface area contributed by atoms with E-state index in [1.807, 2.05) is 0 Å². The number of carbonyl (C=O) groups is 4. The van der Waals surface area contributed by atoms with Crippen molar-refractivity contribution in [1.82, 2.24) is 0 Å². The summed E-state index contributed by atoms with van der Waals surface area (Å²) in [4.78, 5) is 75.3. The van der Waals surface area contributed by atoms with Crippen LogP contribution in [-0.2, 0) is 19.2 Å². The fourth-order valence-corrected chi connectivity index (χ4v) is 4.49. The molecule has 3 atom stereocenters. The Morgan fingerprint density at radius 1 is 0.667 bits per heavy atom. The van der Waals surface area contributed by atoms with Crippen molar-refractivity contribution >= 4 is 46.4 Å². The van der Waals surface area contributed by atoms with Crippen LogP contribution in [0.1, 0.15) is 13.8 Å². The summed E-state index contributed by atoms with van der Waals surface area (Å²) >= 11 is 0. The lowest BCUT2D eigenvalue weighted by atomic mass is 9.70. The Bertz CT molecular complexity index is 1140. The second-order valence-electron chi connectivity index (χ2n) is 7.82. The first-order valence-corrected chi connectivity index (χ1v) is 9.79. The van der Waals surface area contributed by atoms with Gasteiger partial charge in [0.25, 0.3) is 23.2 Å². The quantitative estimate of drug-likeness (QED) is 0.295. The number of nitro groups is 2. The number of carbonyl (C=O) groups excluding carboxylic acids is 4. The number of hydrogen-bond acceptors (Lipinski definition) is 8. The van der Waals surface area contributed by atoms with E-state index in [1.54, 1.807) is 0 Å². The maximum absolute atomic E-state index is 13.5. The van der Waals surface area contributed by atoms with E-state index in [-0.39, 0.29) is 22.7 Å². The monoisotopic (exact) mass is 452 g/mol. The van der Waals surface area contributed by atoms with Crippen molar-refractivity contribution in [2.24, 2.45) is 17.3 Å². The molecule has 0 N–H and O–H groups in total. The van der Waals surface area contributed by atoms with Crippen molar-refractivity contribution in [2.45, 2.75) is 13.8 Å². The molecule has 33 heavy (non-hydrogen) atoms. The summed E-state index contributed by atoms with van der Waals surface area (Å²) in [6.45, 7) is 2.76. The third kappa shape index (κ3) is 2.83. The van der Waals surface area contributed by atoms with Crippen LogP contribution in [0.5, 0.6) is 0 Å². The molecule has 0 bridgehead atoms. The third-order valence-corrected chi connectivity index (χ3v) is 6.30. The van der Waals surface area contributed by atoms with Gasteiger partial charge >= 0.3 is 0 Å². The molecular weight excluding hydrogens is 436 g/mol. The Kier molecular flexibility index (Phi) is 4.80. The number of amides is 4. The first-order valence-electron chi connectivity index (χ1n) is 9.79. The van der Waals surface area contributed by atoms with E-state index in [2.05, 4.69) is 0 Å². The zero-order chi connectivity index (χ0) is 24.2. The molecule has 0 aliphatic carbocycles. The fourth-order valence-electron chi connectivity index (χ4n) is 4.49. The number of imide groups is 2. The molecule has 12 nitrogen and oxygen atoms in total. The van der Waals surface area contributed by atoms with Gasteiger partial charge in [0.2, 0.25) is 11.8 Å². The molecule has 2 unspecified atom stereocenters. The summed E-state index contributed by atoms with van der Waals surface area (Å²) < 4.78 is 0. The summed E-state index contributed by atoms with van der Waals surface area (Å²) in [6.07, 6.45) is 0. The molecule has 4 rings (SSSR count). The zero-order valence-electron chi connectivity index (χ0n) is 17.3. The minimum absolute atomic E-state index is 0.0422. The average Bonchev–Trinajstić information content (AvgIpc) is 3.11. The average molecular weight is 452 g/mol. The van der Waals surface area contributed by atoms with Crippen molar-refractivity contribution < 1.29 is 29.0 Å². The minimum Gasteiger partial charge on any atom is -0.274 e. The molecule has 2 heterocycles. The SMILES string of the molecule is CC1C(=O)N(c2ccc([N+](=O)[O-])cc2)C(=O)C12C(=O)N(c1ccc([N+](=O)[O-])cc1)C(=O)[C@@H]2C. The van der Waals surface area contributed by atoms with Crippen molar-refractivity contribution in [2.75, 3.05) is 9.80 Å². The predicted molar refractivity (Wildman–Crippen MR) is 112 cm³/mol. The van der Waals surface area contributed by atoms with Crippen molar-refractivity contribution in [3.63, 3.8) is 0 Å². The molecule has 0 radical (unpaired) electrons. The summed E-state index contributed by atoms with van der Waals surface area (Å²) in [5.41, 5.74) is -2.41. The Morgan fingerprint density at radius 2 is 0.970 bits per heavy atom. The molecule has 168 valence electrons. The van der Waals surface area contributed by atoms with Crippen LogP contribution in [0.15, 0.2) is 48.5 Å². The number of benzene rings is 2. The van der Waals surface area contributed by atoms with Crippen molar-refractivity contribution in [3.05, 3.63) is 68.8 Å². The summed E-state index contributed by atoms with van der Waals surface area (Å²) in [7, 11) is 0. The number of anilines is 2. The number of non-ortho nitro benzene ring substituents is 2. The van der Waals surface area contributed by atoms with Gasteiger partial charge in [-0.15, -0.1) is 0 Å². The highest BCUT2D eigenvalue weighted by Crippen LogP contribution is 2.52. The molecule has 2 aromatic carbocycles. The van der Waals surface area contributed by atoms with Crippen LogP contribution >= 0.6 is 0 Å². The number of hydrogen-bond donors (Lipinski definition) is 0. The van der Waals surface area contributed by atoms with E-state index in [1.165, 1.54) is 38.1 Å². The fraction of sp³-hybridized carbons (Fsp3) is 0.238.